The molecule has 3 aromatic rings. The normalized spacial score (nSPS) is 17.1. The van der Waals surface area contributed by atoms with Crippen LogP contribution in [0.1, 0.15) is 19.3 Å². The van der Waals surface area contributed by atoms with E-state index >= 15 is 0 Å². The first kappa shape index (κ1) is 20.5. The number of nitrogens with zero attached hydrogens (tertiary/aromatic N) is 7. The molecule has 5 rings (SSSR count). The van der Waals surface area contributed by atoms with Crippen LogP contribution in [0.15, 0.2) is 36.8 Å². The van der Waals surface area contributed by atoms with E-state index < -0.39 is 0 Å². The van der Waals surface area contributed by atoms with Crippen LogP contribution < -0.4 is 14.5 Å². The van der Waals surface area contributed by atoms with Gasteiger partial charge >= 0.3 is 0 Å². The third-order valence-electron chi connectivity index (χ3n) is 6.42. The van der Waals surface area contributed by atoms with E-state index in [9.17, 15) is 4.79 Å². The first-order valence-corrected chi connectivity index (χ1v) is 11.3. The molecule has 0 spiro atoms. The Hall–Kier alpha value is -3.36. The number of piperidine rings is 1. The van der Waals surface area contributed by atoms with Gasteiger partial charge in [-0.3, -0.25) is 4.79 Å². The summed E-state index contributed by atoms with van der Waals surface area (Å²) in [6.07, 6.45) is 7.02. The fourth-order valence-electron chi connectivity index (χ4n) is 4.59. The van der Waals surface area contributed by atoms with Crippen molar-refractivity contribution in [3.8, 4) is 5.75 Å². The second-order valence-corrected chi connectivity index (χ2v) is 8.35. The molecule has 9 heteroatoms. The molecule has 2 aliphatic heterocycles. The van der Waals surface area contributed by atoms with Crippen molar-refractivity contribution in [2.45, 2.75) is 25.8 Å². The van der Waals surface area contributed by atoms with E-state index in [1.807, 2.05) is 17.0 Å². The molecule has 0 aliphatic carbocycles. The number of carbonyl (C=O) groups excluding carboxylic acids is 1. The van der Waals surface area contributed by atoms with E-state index in [1.165, 1.54) is 19.3 Å². The summed E-state index contributed by atoms with van der Waals surface area (Å²) in [4.78, 5) is 28.5. The minimum absolute atomic E-state index is 0.0718. The topological polar surface area (TPSA) is 79.6 Å². The molecule has 1 aromatic carbocycles. The predicted octanol–water partition coefficient (Wildman–Crippen LogP) is 2.17. The number of hydrogen-bond acceptors (Lipinski definition) is 7. The van der Waals surface area contributed by atoms with Gasteiger partial charge in [0.2, 0.25) is 5.91 Å². The zero-order valence-electron chi connectivity index (χ0n) is 18.5. The molecule has 2 aliphatic rings. The maximum atomic E-state index is 13.0. The number of hydrogen-bond donors (Lipinski definition) is 0. The molecule has 0 saturated carbocycles. The standard InChI is InChI=1S/C23H29N7O2/c1-32-19-7-5-18(6-8-19)27-11-13-28(14-12-27)21(31)16-30-23-20(15-26-30)22(24-17-25-23)29-9-3-2-4-10-29/h5-8,15,17H,2-4,9-14,16H2,1H3. The van der Waals surface area contributed by atoms with Crippen LogP contribution in [0.3, 0.4) is 0 Å². The summed E-state index contributed by atoms with van der Waals surface area (Å²) in [5.41, 5.74) is 1.88. The van der Waals surface area contributed by atoms with Crippen LogP contribution in [0.5, 0.6) is 5.75 Å². The van der Waals surface area contributed by atoms with Gasteiger partial charge in [0.1, 0.15) is 24.4 Å². The second-order valence-electron chi connectivity index (χ2n) is 8.35. The van der Waals surface area contributed by atoms with Crippen molar-refractivity contribution in [1.82, 2.24) is 24.6 Å². The Bertz CT molecular complexity index is 1070. The van der Waals surface area contributed by atoms with Crippen LogP contribution in [0.2, 0.25) is 0 Å². The highest BCUT2D eigenvalue weighted by Gasteiger charge is 2.23. The Morgan fingerprint density at radius 2 is 1.69 bits per heavy atom. The fraction of sp³-hybridized carbons (Fsp3) is 0.478. The molecule has 32 heavy (non-hydrogen) atoms. The lowest BCUT2D eigenvalue weighted by Crippen LogP contribution is -2.49. The lowest BCUT2D eigenvalue weighted by atomic mass is 10.1. The molecule has 0 radical (unpaired) electrons. The van der Waals surface area contributed by atoms with E-state index in [4.69, 9.17) is 4.74 Å². The molecular weight excluding hydrogens is 406 g/mol. The summed E-state index contributed by atoms with van der Waals surface area (Å²) in [6.45, 7) is 5.21. The van der Waals surface area contributed by atoms with Gasteiger partial charge in [-0.15, -0.1) is 0 Å². The van der Waals surface area contributed by atoms with Crippen molar-refractivity contribution in [3.05, 3.63) is 36.8 Å². The maximum absolute atomic E-state index is 13.0. The number of amides is 1. The summed E-state index contributed by atoms with van der Waals surface area (Å²) >= 11 is 0. The molecule has 0 atom stereocenters. The van der Waals surface area contributed by atoms with Crippen LogP contribution in [0.25, 0.3) is 11.0 Å². The largest absolute Gasteiger partial charge is 0.497 e. The zero-order chi connectivity index (χ0) is 21.9. The average molecular weight is 436 g/mol. The second kappa shape index (κ2) is 9.02. The quantitative estimate of drug-likeness (QED) is 0.608. The smallest absolute Gasteiger partial charge is 0.244 e. The molecule has 168 valence electrons. The Labute approximate surface area is 187 Å². The number of rotatable bonds is 5. The minimum atomic E-state index is 0.0718. The SMILES string of the molecule is COc1ccc(N2CCN(C(=O)Cn3ncc4c(N5CCCCC5)ncnc43)CC2)cc1. The highest BCUT2D eigenvalue weighted by Crippen LogP contribution is 2.25. The van der Waals surface area contributed by atoms with Crippen LogP contribution in [0.4, 0.5) is 11.5 Å². The number of anilines is 2. The number of fused-ring (bicyclic) bond motifs is 1. The van der Waals surface area contributed by atoms with Gasteiger partial charge in [0.25, 0.3) is 0 Å². The average Bonchev–Trinajstić information content (AvgIpc) is 3.27. The van der Waals surface area contributed by atoms with Gasteiger partial charge in [-0.2, -0.15) is 5.10 Å². The van der Waals surface area contributed by atoms with Gasteiger partial charge in [-0.1, -0.05) is 0 Å². The van der Waals surface area contributed by atoms with E-state index in [1.54, 1.807) is 24.3 Å². The summed E-state index contributed by atoms with van der Waals surface area (Å²) < 4.78 is 6.95. The molecule has 1 amide bonds. The summed E-state index contributed by atoms with van der Waals surface area (Å²) in [5, 5.41) is 5.40. The first-order valence-electron chi connectivity index (χ1n) is 11.3. The van der Waals surface area contributed by atoms with Gasteiger partial charge in [0, 0.05) is 45.0 Å². The number of benzene rings is 1. The van der Waals surface area contributed by atoms with Crippen molar-refractivity contribution in [2.24, 2.45) is 0 Å². The van der Waals surface area contributed by atoms with E-state index in [0.29, 0.717) is 13.1 Å². The minimum Gasteiger partial charge on any atom is -0.497 e. The Morgan fingerprint density at radius 3 is 2.41 bits per heavy atom. The lowest BCUT2D eigenvalue weighted by molar-refractivity contribution is -0.132. The number of carbonyl (C=O) groups is 1. The number of aromatic nitrogens is 4. The van der Waals surface area contributed by atoms with Crippen molar-refractivity contribution < 1.29 is 9.53 Å². The monoisotopic (exact) mass is 435 g/mol. The van der Waals surface area contributed by atoms with Gasteiger partial charge in [-0.25, -0.2) is 14.6 Å². The van der Waals surface area contributed by atoms with Gasteiger partial charge in [0.05, 0.1) is 18.7 Å². The molecule has 9 nitrogen and oxygen atoms in total. The van der Waals surface area contributed by atoms with E-state index in [-0.39, 0.29) is 12.5 Å². The first-order chi connectivity index (χ1) is 15.7. The van der Waals surface area contributed by atoms with Crippen LogP contribution in [-0.4, -0.2) is 76.9 Å². The van der Waals surface area contributed by atoms with Crippen molar-refractivity contribution >= 4 is 28.4 Å². The fourth-order valence-corrected chi connectivity index (χ4v) is 4.59. The highest BCUT2D eigenvalue weighted by molar-refractivity contribution is 5.88. The lowest BCUT2D eigenvalue weighted by Gasteiger charge is -2.36. The Kier molecular flexibility index (Phi) is 5.79. The summed E-state index contributed by atoms with van der Waals surface area (Å²) in [6, 6.07) is 8.06. The number of methoxy groups -OCH3 is 1. The molecule has 4 heterocycles. The van der Waals surface area contributed by atoms with Crippen molar-refractivity contribution in [2.75, 3.05) is 56.2 Å². The Balaban J connectivity index is 1.23. The molecule has 2 aromatic heterocycles. The third-order valence-corrected chi connectivity index (χ3v) is 6.42. The Morgan fingerprint density at radius 1 is 0.938 bits per heavy atom. The van der Waals surface area contributed by atoms with E-state index in [2.05, 4.69) is 37.0 Å². The van der Waals surface area contributed by atoms with Gasteiger partial charge in [-0.05, 0) is 43.5 Å². The van der Waals surface area contributed by atoms with E-state index in [0.717, 1.165) is 54.5 Å². The third kappa shape index (κ3) is 4.06. The van der Waals surface area contributed by atoms with Gasteiger partial charge < -0.3 is 19.4 Å². The molecular formula is C23H29N7O2. The van der Waals surface area contributed by atoms with Crippen LogP contribution in [-0.2, 0) is 11.3 Å². The molecule has 2 fully saturated rings. The molecule has 0 bridgehead atoms. The summed E-state index contributed by atoms with van der Waals surface area (Å²) in [7, 11) is 1.67. The molecule has 2 saturated heterocycles. The van der Waals surface area contributed by atoms with Crippen molar-refractivity contribution in [1.29, 1.82) is 0 Å². The number of piperazine rings is 1. The van der Waals surface area contributed by atoms with Crippen molar-refractivity contribution in [3.63, 3.8) is 0 Å². The zero-order valence-corrected chi connectivity index (χ0v) is 18.5. The molecule has 0 unspecified atom stereocenters. The van der Waals surface area contributed by atoms with Crippen LogP contribution in [0, 0.1) is 0 Å². The summed E-state index contributed by atoms with van der Waals surface area (Å²) in [5.74, 6) is 1.85. The molecule has 0 N–H and O–H groups in total. The van der Waals surface area contributed by atoms with Gasteiger partial charge in [0.15, 0.2) is 5.65 Å². The predicted molar refractivity (Wildman–Crippen MR) is 123 cm³/mol. The maximum Gasteiger partial charge on any atom is 0.244 e. The highest BCUT2D eigenvalue weighted by atomic mass is 16.5. The number of ether oxygens (including phenoxy) is 1. The van der Waals surface area contributed by atoms with Crippen LogP contribution >= 0.6 is 0 Å².